The molecule has 0 unspecified atom stereocenters. The monoisotopic (exact) mass is 307 g/mol. The number of carbonyl (C=O) groups is 1. The third kappa shape index (κ3) is 3.57. The Morgan fingerprint density at radius 1 is 1.29 bits per heavy atom. The number of para-hydroxylation sites is 1. The van der Waals surface area contributed by atoms with Gasteiger partial charge in [-0.3, -0.25) is 10.1 Å². The Kier molecular flexibility index (Phi) is 4.54. The summed E-state index contributed by atoms with van der Waals surface area (Å²) in [5.41, 5.74) is 0.113. The lowest BCUT2D eigenvalue weighted by Crippen LogP contribution is -2.00. The van der Waals surface area contributed by atoms with E-state index in [1.165, 1.54) is 30.0 Å². The summed E-state index contributed by atoms with van der Waals surface area (Å²) >= 11 is 1.21. The van der Waals surface area contributed by atoms with Gasteiger partial charge in [0.2, 0.25) is 0 Å². The summed E-state index contributed by atoms with van der Waals surface area (Å²) in [5.74, 6) is -1.86. The molecule has 7 heteroatoms. The zero-order valence-corrected chi connectivity index (χ0v) is 11.5. The van der Waals surface area contributed by atoms with Crippen LogP contribution in [0.15, 0.2) is 47.4 Å². The summed E-state index contributed by atoms with van der Waals surface area (Å²) in [6, 6.07) is 10.0. The number of benzene rings is 2. The summed E-state index contributed by atoms with van der Waals surface area (Å²) in [6.07, 6.45) is 0. The maximum Gasteiger partial charge on any atom is 0.338 e. The van der Waals surface area contributed by atoms with Crippen LogP contribution in [0.4, 0.5) is 10.1 Å². The topological polar surface area (TPSA) is 80.4 Å². The van der Waals surface area contributed by atoms with Gasteiger partial charge in [0.1, 0.15) is 5.82 Å². The predicted molar refractivity (Wildman–Crippen MR) is 76.0 cm³/mol. The van der Waals surface area contributed by atoms with E-state index in [1.807, 2.05) is 0 Å². The first-order valence-electron chi connectivity index (χ1n) is 5.87. The number of nitrogens with zero attached hydrogens (tertiary/aromatic N) is 1. The van der Waals surface area contributed by atoms with Crippen molar-refractivity contribution in [2.45, 2.75) is 10.6 Å². The highest BCUT2D eigenvalue weighted by atomic mass is 32.2. The van der Waals surface area contributed by atoms with Crippen molar-refractivity contribution >= 4 is 23.4 Å². The summed E-state index contributed by atoms with van der Waals surface area (Å²) in [5, 5.41) is 19.7. The molecule has 0 saturated carbocycles. The molecule has 108 valence electrons. The number of hydrogen-bond acceptors (Lipinski definition) is 4. The first-order valence-corrected chi connectivity index (χ1v) is 6.85. The number of nitro benzene ring substituents is 1. The molecule has 0 aliphatic carbocycles. The van der Waals surface area contributed by atoms with Crippen molar-refractivity contribution in [3.63, 3.8) is 0 Å². The minimum atomic E-state index is -1.35. The number of carboxylic acid groups (broad SMARTS) is 1. The fourth-order valence-electron chi connectivity index (χ4n) is 1.73. The highest BCUT2D eigenvalue weighted by Crippen LogP contribution is 2.28. The number of halogens is 1. The molecule has 0 fully saturated rings. The first-order chi connectivity index (χ1) is 9.99. The minimum absolute atomic E-state index is 0.00516. The van der Waals surface area contributed by atoms with Crippen LogP contribution in [-0.4, -0.2) is 16.0 Å². The van der Waals surface area contributed by atoms with Gasteiger partial charge >= 0.3 is 5.97 Å². The number of hydrogen-bond donors (Lipinski definition) is 1. The number of aromatic carboxylic acids is 1. The van der Waals surface area contributed by atoms with E-state index in [9.17, 15) is 19.3 Å². The lowest BCUT2D eigenvalue weighted by Gasteiger charge is -2.05. The Morgan fingerprint density at radius 3 is 2.67 bits per heavy atom. The average Bonchev–Trinajstić information content (AvgIpc) is 2.46. The molecule has 0 heterocycles. The first kappa shape index (κ1) is 15.0. The second-order valence-electron chi connectivity index (χ2n) is 4.12. The molecule has 0 aromatic heterocycles. The van der Waals surface area contributed by atoms with Crippen LogP contribution in [0.1, 0.15) is 15.9 Å². The number of rotatable bonds is 5. The van der Waals surface area contributed by atoms with E-state index < -0.39 is 22.3 Å². The molecular weight excluding hydrogens is 297 g/mol. The van der Waals surface area contributed by atoms with Crippen LogP contribution in [0.2, 0.25) is 0 Å². The lowest BCUT2D eigenvalue weighted by atomic mass is 10.2. The van der Waals surface area contributed by atoms with Gasteiger partial charge in [0, 0.05) is 22.3 Å². The van der Waals surface area contributed by atoms with Crippen LogP contribution in [0.25, 0.3) is 0 Å². The quantitative estimate of drug-likeness (QED) is 0.517. The maximum absolute atomic E-state index is 13.3. The van der Waals surface area contributed by atoms with Crippen molar-refractivity contribution in [2.75, 3.05) is 0 Å². The minimum Gasteiger partial charge on any atom is -0.478 e. The molecule has 0 aliphatic rings. The standard InChI is InChI=1S/C14H10FNO4S/c15-12-6-5-10(7-11(12)14(17)18)21-8-9-3-1-2-4-13(9)16(19)20/h1-7H,8H2,(H,17,18). The van der Waals surface area contributed by atoms with Crippen molar-refractivity contribution in [3.8, 4) is 0 Å². The van der Waals surface area contributed by atoms with Crippen LogP contribution < -0.4 is 0 Å². The second-order valence-corrected chi connectivity index (χ2v) is 5.17. The van der Waals surface area contributed by atoms with E-state index >= 15 is 0 Å². The molecule has 0 aliphatic heterocycles. The molecule has 5 nitrogen and oxygen atoms in total. The number of thioether (sulfide) groups is 1. The molecule has 2 aromatic rings. The van der Waals surface area contributed by atoms with Crippen molar-refractivity contribution < 1.29 is 19.2 Å². The van der Waals surface area contributed by atoms with Crippen molar-refractivity contribution in [3.05, 3.63) is 69.5 Å². The lowest BCUT2D eigenvalue weighted by molar-refractivity contribution is -0.385. The molecular formula is C14H10FNO4S. The van der Waals surface area contributed by atoms with E-state index in [4.69, 9.17) is 5.11 Å². The van der Waals surface area contributed by atoms with Gasteiger partial charge < -0.3 is 5.11 Å². The van der Waals surface area contributed by atoms with Gasteiger partial charge in [-0.25, -0.2) is 9.18 Å². The summed E-state index contributed by atoms with van der Waals surface area (Å²) in [6.45, 7) is 0. The summed E-state index contributed by atoms with van der Waals surface area (Å²) < 4.78 is 13.3. The van der Waals surface area contributed by atoms with Gasteiger partial charge in [-0.2, -0.15) is 0 Å². The SMILES string of the molecule is O=C(O)c1cc(SCc2ccccc2[N+](=O)[O-])ccc1F. The van der Waals surface area contributed by atoms with Crippen LogP contribution in [0.3, 0.4) is 0 Å². The van der Waals surface area contributed by atoms with Gasteiger partial charge in [-0.05, 0) is 18.2 Å². The Labute approximate surface area is 123 Å². The Hall–Kier alpha value is -2.41. The zero-order chi connectivity index (χ0) is 15.4. The zero-order valence-electron chi connectivity index (χ0n) is 10.7. The second kappa shape index (κ2) is 6.36. The van der Waals surface area contributed by atoms with E-state index in [1.54, 1.807) is 18.2 Å². The van der Waals surface area contributed by atoms with E-state index in [2.05, 4.69) is 0 Å². The van der Waals surface area contributed by atoms with Crippen LogP contribution in [-0.2, 0) is 5.75 Å². The van der Waals surface area contributed by atoms with Crippen molar-refractivity contribution in [2.24, 2.45) is 0 Å². The van der Waals surface area contributed by atoms with Gasteiger partial charge in [-0.15, -0.1) is 11.8 Å². The molecule has 0 amide bonds. The maximum atomic E-state index is 13.3. The molecule has 1 N–H and O–H groups in total. The van der Waals surface area contributed by atoms with Crippen LogP contribution in [0.5, 0.6) is 0 Å². The number of nitro groups is 1. The molecule has 0 radical (unpaired) electrons. The van der Waals surface area contributed by atoms with Crippen LogP contribution in [0, 0.1) is 15.9 Å². The van der Waals surface area contributed by atoms with Crippen molar-refractivity contribution in [1.29, 1.82) is 0 Å². The van der Waals surface area contributed by atoms with E-state index in [0.717, 1.165) is 6.07 Å². The smallest absolute Gasteiger partial charge is 0.338 e. The fourth-order valence-corrected chi connectivity index (χ4v) is 2.66. The van der Waals surface area contributed by atoms with Crippen molar-refractivity contribution in [1.82, 2.24) is 0 Å². The largest absolute Gasteiger partial charge is 0.478 e. The van der Waals surface area contributed by atoms with Gasteiger partial charge in [0.15, 0.2) is 0 Å². The Balaban J connectivity index is 2.19. The highest BCUT2D eigenvalue weighted by Gasteiger charge is 2.14. The van der Waals surface area contributed by atoms with Crippen LogP contribution >= 0.6 is 11.8 Å². The molecule has 2 rings (SSSR count). The highest BCUT2D eigenvalue weighted by molar-refractivity contribution is 7.98. The Bertz CT molecular complexity index is 705. The molecule has 0 atom stereocenters. The van der Waals surface area contributed by atoms with Gasteiger partial charge in [0.25, 0.3) is 5.69 Å². The third-order valence-electron chi connectivity index (χ3n) is 2.75. The molecule has 0 bridgehead atoms. The Morgan fingerprint density at radius 2 is 2.00 bits per heavy atom. The van der Waals surface area contributed by atoms with Gasteiger partial charge in [-0.1, -0.05) is 18.2 Å². The predicted octanol–water partition coefficient (Wildman–Crippen LogP) is 3.72. The average molecular weight is 307 g/mol. The third-order valence-corrected chi connectivity index (χ3v) is 3.79. The summed E-state index contributed by atoms with van der Waals surface area (Å²) in [7, 11) is 0. The number of carboxylic acids is 1. The summed E-state index contributed by atoms with van der Waals surface area (Å²) in [4.78, 5) is 21.8. The molecule has 2 aromatic carbocycles. The molecule has 0 saturated heterocycles. The fraction of sp³-hybridized carbons (Fsp3) is 0.0714. The van der Waals surface area contributed by atoms with E-state index in [-0.39, 0.29) is 5.69 Å². The normalized spacial score (nSPS) is 10.3. The van der Waals surface area contributed by atoms with Gasteiger partial charge in [0.05, 0.1) is 10.5 Å². The van der Waals surface area contributed by atoms with E-state index in [0.29, 0.717) is 16.2 Å². The molecule has 0 spiro atoms. The molecule has 21 heavy (non-hydrogen) atoms.